The van der Waals surface area contributed by atoms with Crippen LogP contribution in [0.3, 0.4) is 0 Å². The van der Waals surface area contributed by atoms with E-state index in [1.165, 1.54) is 61.3 Å². The maximum atomic E-state index is 2.27. The summed E-state index contributed by atoms with van der Waals surface area (Å²) in [5, 5.41) is 0. The summed E-state index contributed by atoms with van der Waals surface area (Å²) in [6.07, 6.45) is 0. The minimum atomic E-state index is 0. The fraction of sp³-hybridized carbons (Fsp3) is 1.00. The Hall–Kier alpha value is 3.33. The Labute approximate surface area is 226 Å². The van der Waals surface area contributed by atoms with Crippen LogP contribution in [0.15, 0.2) is 0 Å². The molecule has 7 heteroatoms. The fourth-order valence-electron chi connectivity index (χ4n) is 2.68. The van der Waals surface area contributed by atoms with Crippen molar-refractivity contribution in [2.45, 2.75) is 55.4 Å². The van der Waals surface area contributed by atoms with Crippen LogP contribution in [-0.4, -0.2) is 61.3 Å². The molecule has 2 nitrogen and oxygen atoms in total. The minimum Gasteiger partial charge on any atom is -1.00 e. The van der Waals surface area contributed by atoms with Crippen LogP contribution in [-0.2, 0) is 16.5 Å². The molecule has 0 saturated carbocycles. The molecule has 152 valence electrons. The van der Waals surface area contributed by atoms with Crippen LogP contribution in [0.4, 0.5) is 0 Å². The van der Waals surface area contributed by atoms with Crippen LogP contribution in [0.25, 0.3) is 0 Å². The summed E-state index contributed by atoms with van der Waals surface area (Å²) in [6.45, 7) is 28.4. The molecule has 0 rings (SSSR count). The molecule has 0 amide bonds. The van der Waals surface area contributed by atoms with Crippen molar-refractivity contribution < 1.29 is 121 Å². The summed E-state index contributed by atoms with van der Waals surface area (Å²) in [5.41, 5.74) is 0. The fourth-order valence-corrected chi connectivity index (χ4v) is 2.68. The van der Waals surface area contributed by atoms with Gasteiger partial charge in [0, 0.05) is 0 Å². The van der Waals surface area contributed by atoms with Crippen LogP contribution in [0, 0.1) is 0 Å². The third kappa shape index (κ3) is 18.5. The first kappa shape index (κ1) is 45.2. The SMILES string of the molecule is CC[N+](CC)(CC)CC.CC[N+](CC)(CC)CC.[I-].[I-].[I-].[I-].[Ni+2]. The Morgan fingerprint density at radius 3 is 0.435 bits per heavy atom. The second kappa shape index (κ2) is 27.6. The predicted octanol–water partition coefficient (Wildman–Crippen LogP) is -8.22. The molecule has 0 aromatic rings. The molecular weight excluding hydrogens is 786 g/mol. The number of hydrogen-bond acceptors (Lipinski definition) is 0. The largest absolute Gasteiger partial charge is 2.00 e. The van der Waals surface area contributed by atoms with E-state index in [0.29, 0.717) is 0 Å². The van der Waals surface area contributed by atoms with Gasteiger partial charge in [-0.05, 0) is 55.4 Å². The zero-order valence-electron chi connectivity index (χ0n) is 16.4. The van der Waals surface area contributed by atoms with Crippen molar-refractivity contribution in [1.82, 2.24) is 0 Å². The number of quaternary nitrogens is 2. The van der Waals surface area contributed by atoms with Gasteiger partial charge in [0.05, 0.1) is 52.4 Å². The quantitative estimate of drug-likeness (QED) is 0.130. The van der Waals surface area contributed by atoms with Gasteiger partial charge < -0.3 is 105 Å². The first-order valence-electron chi connectivity index (χ1n) is 8.19. The Morgan fingerprint density at radius 1 is 0.348 bits per heavy atom. The molecule has 0 fully saturated rings. The summed E-state index contributed by atoms with van der Waals surface area (Å²) in [4.78, 5) is 0. The molecule has 0 aliphatic carbocycles. The second-order valence-electron chi connectivity index (χ2n) is 5.21. The summed E-state index contributed by atoms with van der Waals surface area (Å²) < 4.78 is 2.56. The molecule has 0 aliphatic heterocycles. The molecule has 0 bridgehead atoms. The van der Waals surface area contributed by atoms with Crippen molar-refractivity contribution in [3.63, 3.8) is 0 Å². The molecule has 0 radical (unpaired) electrons. The van der Waals surface area contributed by atoms with Crippen LogP contribution in [0.1, 0.15) is 55.4 Å². The molecule has 0 heterocycles. The van der Waals surface area contributed by atoms with Crippen LogP contribution in [0.2, 0.25) is 0 Å². The van der Waals surface area contributed by atoms with E-state index < -0.39 is 0 Å². The van der Waals surface area contributed by atoms with Crippen molar-refractivity contribution in [3.8, 4) is 0 Å². The molecule has 0 spiro atoms. The van der Waals surface area contributed by atoms with Gasteiger partial charge in [-0.15, -0.1) is 0 Å². The van der Waals surface area contributed by atoms with Crippen LogP contribution >= 0.6 is 0 Å². The Balaban J connectivity index is -0.0000000366. The number of halogens is 4. The van der Waals surface area contributed by atoms with Crippen molar-refractivity contribution in [1.29, 1.82) is 0 Å². The molecule has 0 unspecified atom stereocenters. The Kier molecular flexibility index (Phi) is 54.2. The summed E-state index contributed by atoms with van der Waals surface area (Å²) in [6, 6.07) is 0. The average Bonchev–Trinajstić information content (AvgIpc) is 2.46. The first-order chi connectivity index (χ1) is 8.49. The second-order valence-corrected chi connectivity index (χ2v) is 5.21. The normalized spacial score (nSPS) is 9.39. The first-order valence-corrected chi connectivity index (χ1v) is 8.19. The number of hydrogen-bond donors (Lipinski definition) is 0. The van der Waals surface area contributed by atoms with E-state index >= 15 is 0 Å². The van der Waals surface area contributed by atoms with Gasteiger partial charge in [0.2, 0.25) is 0 Å². The molecule has 23 heavy (non-hydrogen) atoms. The zero-order chi connectivity index (χ0) is 14.7. The van der Waals surface area contributed by atoms with Crippen LogP contribution < -0.4 is 95.9 Å². The molecule has 0 aliphatic rings. The smallest absolute Gasteiger partial charge is 1.00 e. The maximum absolute atomic E-state index is 2.27. The van der Waals surface area contributed by atoms with Gasteiger partial charge in [-0.2, -0.15) is 0 Å². The zero-order valence-corrected chi connectivity index (χ0v) is 26.0. The molecule has 0 aromatic heterocycles. The molecule has 0 aromatic carbocycles. The van der Waals surface area contributed by atoms with Gasteiger partial charge >= 0.3 is 16.5 Å². The van der Waals surface area contributed by atoms with E-state index in [2.05, 4.69) is 55.4 Å². The molecular formula is C16H40I4N2Ni. The summed E-state index contributed by atoms with van der Waals surface area (Å²) in [7, 11) is 0. The predicted molar refractivity (Wildman–Crippen MR) is 84.8 cm³/mol. The van der Waals surface area contributed by atoms with Crippen LogP contribution in [0.5, 0.6) is 0 Å². The third-order valence-corrected chi connectivity index (χ3v) is 5.37. The van der Waals surface area contributed by atoms with Crippen molar-refractivity contribution in [2.24, 2.45) is 0 Å². The van der Waals surface area contributed by atoms with Gasteiger partial charge in [-0.1, -0.05) is 0 Å². The van der Waals surface area contributed by atoms with Gasteiger partial charge in [0.25, 0.3) is 0 Å². The molecule has 0 saturated heterocycles. The summed E-state index contributed by atoms with van der Waals surface area (Å²) in [5.74, 6) is 0. The van der Waals surface area contributed by atoms with Gasteiger partial charge in [0.1, 0.15) is 0 Å². The van der Waals surface area contributed by atoms with Crippen molar-refractivity contribution in [2.75, 3.05) is 52.4 Å². The maximum Gasteiger partial charge on any atom is 2.00 e. The molecule has 0 atom stereocenters. The topological polar surface area (TPSA) is 0 Å². The van der Waals surface area contributed by atoms with E-state index in [9.17, 15) is 0 Å². The summed E-state index contributed by atoms with van der Waals surface area (Å²) >= 11 is 0. The van der Waals surface area contributed by atoms with E-state index in [1.54, 1.807) is 0 Å². The monoisotopic (exact) mass is 826 g/mol. The van der Waals surface area contributed by atoms with Gasteiger partial charge in [-0.25, -0.2) is 0 Å². The third-order valence-electron chi connectivity index (χ3n) is 5.37. The Morgan fingerprint density at radius 2 is 0.435 bits per heavy atom. The number of nitrogens with zero attached hydrogens (tertiary/aromatic N) is 2. The standard InChI is InChI=1S/2C8H20N.4HI.Ni/c2*1-5-9(6-2,7-3)8-4;;;;;/h2*5-8H2,1-4H3;4*1H;/q2*+1;;;;;+2/p-4. The van der Waals surface area contributed by atoms with E-state index in [4.69, 9.17) is 0 Å². The van der Waals surface area contributed by atoms with Crippen molar-refractivity contribution in [3.05, 3.63) is 0 Å². The average molecular weight is 827 g/mol. The van der Waals surface area contributed by atoms with Gasteiger partial charge in [0.15, 0.2) is 0 Å². The van der Waals surface area contributed by atoms with E-state index in [1.807, 2.05) is 0 Å². The van der Waals surface area contributed by atoms with Gasteiger partial charge in [-0.3, -0.25) is 0 Å². The van der Waals surface area contributed by atoms with E-state index in [0.717, 1.165) is 0 Å². The minimum absolute atomic E-state index is 0. The Bertz CT molecular complexity index is 136. The molecule has 0 N–H and O–H groups in total. The number of rotatable bonds is 8. The van der Waals surface area contributed by atoms with Crippen molar-refractivity contribution >= 4 is 0 Å². The van der Waals surface area contributed by atoms with E-state index in [-0.39, 0.29) is 112 Å².